The number of likely N-dealkylation sites (N-methyl/N-ethyl adjacent to an activating group) is 1. The van der Waals surface area contributed by atoms with E-state index in [2.05, 4.69) is 11.4 Å². The molecular weight excluding hydrogens is 499 g/mol. The van der Waals surface area contributed by atoms with Crippen molar-refractivity contribution in [3.63, 3.8) is 0 Å². The average molecular weight is 531 g/mol. The van der Waals surface area contributed by atoms with E-state index in [1.807, 2.05) is 61.6 Å². The highest BCUT2D eigenvalue weighted by Gasteiger charge is 2.21. The number of β-amino-alcohol motifs (C(OH)–C–C–N with tert-alkyl or cyclic N) is 1. The quantitative estimate of drug-likeness (QED) is 0.262. The molecule has 3 aromatic carbocycles. The molecule has 1 atom stereocenters. The van der Waals surface area contributed by atoms with Crippen LogP contribution in [0.1, 0.15) is 35.3 Å². The van der Waals surface area contributed by atoms with Crippen LogP contribution in [0, 0.1) is 12.7 Å². The Kier molecular flexibility index (Phi) is 9.55. The summed E-state index contributed by atoms with van der Waals surface area (Å²) < 4.78 is 15.7. The maximum atomic E-state index is 13.8. The zero-order chi connectivity index (χ0) is 26.5. The van der Waals surface area contributed by atoms with Crippen molar-refractivity contribution in [3.05, 3.63) is 88.2 Å². The van der Waals surface area contributed by atoms with Crippen LogP contribution in [0.25, 0.3) is 11.1 Å². The van der Waals surface area contributed by atoms with Gasteiger partial charge in [-0.25, -0.2) is 13.5 Å². The van der Waals surface area contributed by atoms with Gasteiger partial charge < -0.3 is 15.5 Å². The average Bonchev–Trinajstić information content (AvgIpc) is 2.80. The molecule has 8 heteroatoms. The fourth-order valence-corrected chi connectivity index (χ4v) is 5.05. The van der Waals surface area contributed by atoms with E-state index in [4.69, 9.17) is 11.6 Å². The van der Waals surface area contributed by atoms with Gasteiger partial charge in [-0.15, -0.1) is 0 Å². The number of carboxylic acid groups (broad SMARTS) is 1. The first-order chi connectivity index (χ1) is 16.9. The van der Waals surface area contributed by atoms with Crippen molar-refractivity contribution in [1.29, 1.82) is 0 Å². The Balaban J connectivity index is 1.54. The van der Waals surface area contributed by atoms with Gasteiger partial charge in [0.1, 0.15) is 5.82 Å². The molecule has 0 fully saturated rings. The molecule has 5 nitrogen and oxygen atoms in total. The van der Waals surface area contributed by atoms with E-state index in [1.165, 1.54) is 18.0 Å². The number of carbonyl (C=O) groups is 1. The summed E-state index contributed by atoms with van der Waals surface area (Å²) in [7, 11) is 1.92. The van der Waals surface area contributed by atoms with Crippen LogP contribution in [-0.2, 0) is 6.42 Å². The molecule has 0 spiro atoms. The normalized spacial score (nSPS) is 12.7. The Morgan fingerprint density at radius 2 is 1.86 bits per heavy atom. The summed E-state index contributed by atoms with van der Waals surface area (Å²) in [6.45, 7) is 6.66. The second-order valence-electron chi connectivity index (χ2n) is 9.61. The van der Waals surface area contributed by atoms with Crippen molar-refractivity contribution in [2.75, 3.05) is 20.1 Å². The standard InChI is InChI=1S/C28H32ClFN2O3S/c1-18-12-21(9-10-24(18)27(34)35)20-6-5-7-23(14-20)36-32(4)17-22(33)16-31-28(2,3)15-19-8-11-25(29)26(30)13-19/h5-14,22,31,33H,15-17H2,1-4H3,(H,34,35)/t22-/m1/s1. The summed E-state index contributed by atoms with van der Waals surface area (Å²) in [5.41, 5.74) is 3.47. The predicted octanol–water partition coefficient (Wildman–Crippen LogP) is 6.06. The van der Waals surface area contributed by atoms with Gasteiger partial charge in [-0.05, 0) is 98.8 Å². The third kappa shape index (κ3) is 8.05. The molecule has 36 heavy (non-hydrogen) atoms. The molecule has 0 aliphatic rings. The number of nitrogens with zero attached hydrogens (tertiary/aromatic N) is 1. The lowest BCUT2D eigenvalue weighted by Gasteiger charge is -2.29. The topological polar surface area (TPSA) is 72.8 Å². The maximum absolute atomic E-state index is 13.8. The number of aromatic carboxylic acids is 1. The maximum Gasteiger partial charge on any atom is 0.335 e. The van der Waals surface area contributed by atoms with Gasteiger partial charge in [0.15, 0.2) is 0 Å². The fraction of sp³-hybridized carbons (Fsp3) is 0.321. The molecule has 0 saturated carbocycles. The number of aliphatic hydroxyl groups is 1. The van der Waals surface area contributed by atoms with Gasteiger partial charge in [0.05, 0.1) is 16.7 Å². The highest BCUT2D eigenvalue weighted by atomic mass is 35.5. The van der Waals surface area contributed by atoms with Crippen LogP contribution in [0.15, 0.2) is 65.6 Å². The fourth-order valence-electron chi connectivity index (χ4n) is 4.01. The van der Waals surface area contributed by atoms with E-state index < -0.39 is 17.9 Å². The highest BCUT2D eigenvalue weighted by molar-refractivity contribution is 7.97. The first-order valence-corrected chi connectivity index (χ1v) is 12.8. The molecule has 3 N–H and O–H groups in total. The number of aliphatic hydroxyl groups excluding tert-OH is 1. The van der Waals surface area contributed by atoms with Gasteiger partial charge in [-0.2, -0.15) is 0 Å². The molecule has 0 unspecified atom stereocenters. The van der Waals surface area contributed by atoms with E-state index in [0.717, 1.165) is 27.1 Å². The molecule has 3 aromatic rings. The summed E-state index contributed by atoms with van der Waals surface area (Å²) in [6, 6.07) is 18.2. The number of hydrogen-bond donors (Lipinski definition) is 3. The Labute approximate surface area is 221 Å². The minimum absolute atomic E-state index is 0.109. The Bertz CT molecular complexity index is 1220. The van der Waals surface area contributed by atoms with E-state index >= 15 is 0 Å². The van der Waals surface area contributed by atoms with Crippen molar-refractivity contribution in [2.24, 2.45) is 0 Å². The van der Waals surface area contributed by atoms with E-state index in [9.17, 15) is 19.4 Å². The predicted molar refractivity (Wildman–Crippen MR) is 145 cm³/mol. The first kappa shape index (κ1) is 28.2. The van der Waals surface area contributed by atoms with Crippen LogP contribution in [0.2, 0.25) is 5.02 Å². The van der Waals surface area contributed by atoms with Crippen LogP contribution >= 0.6 is 23.5 Å². The van der Waals surface area contributed by atoms with Crippen LogP contribution in [-0.4, -0.2) is 52.3 Å². The number of halogens is 2. The lowest BCUT2D eigenvalue weighted by atomic mass is 9.94. The van der Waals surface area contributed by atoms with Gasteiger partial charge in [-0.3, -0.25) is 0 Å². The molecule has 0 aliphatic carbocycles. The largest absolute Gasteiger partial charge is 0.478 e. The zero-order valence-electron chi connectivity index (χ0n) is 20.9. The van der Waals surface area contributed by atoms with Gasteiger partial charge in [-0.1, -0.05) is 41.9 Å². The van der Waals surface area contributed by atoms with Crippen LogP contribution < -0.4 is 5.32 Å². The van der Waals surface area contributed by atoms with Gasteiger partial charge in [0, 0.05) is 23.5 Å². The lowest BCUT2D eigenvalue weighted by molar-refractivity contribution is 0.0696. The molecule has 0 radical (unpaired) electrons. The Morgan fingerprint density at radius 1 is 1.14 bits per heavy atom. The van der Waals surface area contributed by atoms with E-state index in [-0.39, 0.29) is 10.6 Å². The molecule has 192 valence electrons. The first-order valence-electron chi connectivity index (χ1n) is 11.6. The Morgan fingerprint density at radius 3 is 2.53 bits per heavy atom. The third-order valence-electron chi connectivity index (χ3n) is 5.80. The van der Waals surface area contributed by atoms with Gasteiger partial charge in [0.25, 0.3) is 0 Å². The number of carboxylic acids is 1. The summed E-state index contributed by atoms with van der Waals surface area (Å²) in [5.74, 6) is -1.36. The van der Waals surface area contributed by atoms with Crippen molar-refractivity contribution >= 4 is 29.5 Å². The minimum atomic E-state index is -0.930. The second-order valence-corrected chi connectivity index (χ2v) is 11.3. The SMILES string of the molecule is Cc1cc(-c2cccc(SN(C)C[C@H](O)CNC(C)(C)Cc3ccc(Cl)c(F)c3)c2)ccc1C(=O)O. The van der Waals surface area contributed by atoms with Gasteiger partial charge >= 0.3 is 5.97 Å². The summed E-state index contributed by atoms with van der Waals surface area (Å²) in [4.78, 5) is 12.3. The van der Waals surface area contributed by atoms with Gasteiger partial charge in [0.2, 0.25) is 0 Å². The molecule has 0 heterocycles. The zero-order valence-corrected chi connectivity index (χ0v) is 22.5. The van der Waals surface area contributed by atoms with Crippen molar-refractivity contribution < 1.29 is 19.4 Å². The van der Waals surface area contributed by atoms with Crippen molar-refractivity contribution in [1.82, 2.24) is 9.62 Å². The molecule has 0 amide bonds. The molecule has 0 bridgehead atoms. The molecule has 0 aromatic heterocycles. The minimum Gasteiger partial charge on any atom is -0.478 e. The van der Waals surface area contributed by atoms with Crippen molar-refractivity contribution in [3.8, 4) is 11.1 Å². The third-order valence-corrected chi connectivity index (χ3v) is 7.03. The summed E-state index contributed by atoms with van der Waals surface area (Å²) in [5, 5.41) is 23.3. The van der Waals surface area contributed by atoms with Crippen LogP contribution in [0.4, 0.5) is 4.39 Å². The molecule has 3 rings (SSSR count). The number of rotatable bonds is 11. The Hall–Kier alpha value is -2.42. The second kappa shape index (κ2) is 12.2. The molecular formula is C28H32ClFN2O3S. The number of aryl methyl sites for hydroxylation is 1. The number of nitrogens with one attached hydrogen (secondary N) is 1. The number of benzene rings is 3. The van der Waals surface area contributed by atoms with Crippen LogP contribution in [0.5, 0.6) is 0 Å². The monoisotopic (exact) mass is 530 g/mol. The van der Waals surface area contributed by atoms with Crippen molar-refractivity contribution in [2.45, 2.75) is 43.7 Å². The lowest BCUT2D eigenvalue weighted by Crippen LogP contribution is -2.46. The summed E-state index contributed by atoms with van der Waals surface area (Å²) in [6.07, 6.45) is -0.00361. The summed E-state index contributed by atoms with van der Waals surface area (Å²) >= 11 is 7.30. The highest BCUT2D eigenvalue weighted by Crippen LogP contribution is 2.28. The van der Waals surface area contributed by atoms with E-state index in [1.54, 1.807) is 19.1 Å². The number of hydrogen-bond acceptors (Lipinski definition) is 5. The van der Waals surface area contributed by atoms with E-state index in [0.29, 0.717) is 25.1 Å². The smallest absolute Gasteiger partial charge is 0.335 e. The molecule has 0 aliphatic heterocycles. The van der Waals surface area contributed by atoms with Crippen LogP contribution in [0.3, 0.4) is 0 Å². The molecule has 0 saturated heterocycles.